The van der Waals surface area contributed by atoms with Crippen LogP contribution in [0.4, 0.5) is 0 Å². The number of aliphatic carboxylic acids is 1. The number of hydrogen-bond acceptors (Lipinski definition) is 5. The number of Topliss-reactive ketones (excluding diaryl/α,β-unsaturated/α-hetero) is 1. The van der Waals surface area contributed by atoms with Crippen molar-refractivity contribution in [1.82, 2.24) is 0 Å². The molecular formula is C32H50O6. The lowest BCUT2D eigenvalue weighted by Crippen LogP contribution is -2.70. The molecule has 0 saturated heterocycles. The molecule has 214 valence electrons. The number of aliphatic hydroxyl groups excluding tert-OH is 1. The number of carbonyl (C=O) groups excluding carboxylic acids is 2. The summed E-state index contributed by atoms with van der Waals surface area (Å²) in [5.41, 5.74) is -1.70. The quantitative estimate of drug-likeness (QED) is 0.440. The fourth-order valence-electron chi connectivity index (χ4n) is 11.8. The molecule has 38 heavy (non-hydrogen) atoms. The summed E-state index contributed by atoms with van der Waals surface area (Å²) in [6, 6.07) is 0. The lowest BCUT2D eigenvalue weighted by Gasteiger charge is -2.73. The normalized spacial score (nSPS) is 50.2. The van der Waals surface area contributed by atoms with Crippen molar-refractivity contribution in [3.05, 3.63) is 0 Å². The van der Waals surface area contributed by atoms with Crippen molar-refractivity contribution in [2.45, 2.75) is 112 Å². The second-order valence-electron chi connectivity index (χ2n) is 15.4. The Morgan fingerprint density at radius 2 is 1.68 bits per heavy atom. The summed E-state index contributed by atoms with van der Waals surface area (Å²) in [7, 11) is 0. The molecule has 5 aliphatic carbocycles. The van der Waals surface area contributed by atoms with Crippen molar-refractivity contribution in [1.29, 1.82) is 0 Å². The number of carbonyl (C=O) groups is 3. The largest absolute Gasteiger partial charge is 0.481 e. The zero-order chi connectivity index (χ0) is 28.1. The topological polar surface area (TPSA) is 101 Å². The smallest absolute Gasteiger partial charge is 0.309 e. The monoisotopic (exact) mass is 530 g/mol. The Hall–Kier alpha value is -1.43. The van der Waals surface area contributed by atoms with E-state index in [1.54, 1.807) is 0 Å². The lowest BCUT2D eigenvalue weighted by atomic mass is 9.31. The molecule has 0 heterocycles. The van der Waals surface area contributed by atoms with Crippen molar-refractivity contribution >= 4 is 17.7 Å². The molecule has 0 aliphatic heterocycles. The van der Waals surface area contributed by atoms with Crippen LogP contribution >= 0.6 is 0 Å². The van der Waals surface area contributed by atoms with Gasteiger partial charge in [0.2, 0.25) is 0 Å². The number of carboxylic acids is 1. The molecule has 11 atom stereocenters. The van der Waals surface area contributed by atoms with Crippen LogP contribution in [0.3, 0.4) is 0 Å². The van der Waals surface area contributed by atoms with E-state index in [0.717, 1.165) is 32.1 Å². The molecule has 2 N–H and O–H groups in total. The Morgan fingerprint density at radius 3 is 2.32 bits per heavy atom. The van der Waals surface area contributed by atoms with Gasteiger partial charge in [0, 0.05) is 24.2 Å². The van der Waals surface area contributed by atoms with E-state index >= 15 is 0 Å². The molecule has 0 unspecified atom stereocenters. The van der Waals surface area contributed by atoms with Gasteiger partial charge in [-0.1, -0.05) is 41.5 Å². The van der Waals surface area contributed by atoms with Gasteiger partial charge >= 0.3 is 11.9 Å². The molecule has 0 aromatic rings. The summed E-state index contributed by atoms with van der Waals surface area (Å²) in [5, 5.41) is 22.7. The third kappa shape index (κ3) is 3.43. The number of esters is 1. The van der Waals surface area contributed by atoms with Crippen LogP contribution in [-0.2, 0) is 19.1 Å². The molecule has 5 rings (SSSR count). The number of aliphatic hydroxyl groups is 1. The Balaban J connectivity index is 1.56. The van der Waals surface area contributed by atoms with E-state index in [0.29, 0.717) is 44.0 Å². The molecule has 5 fully saturated rings. The van der Waals surface area contributed by atoms with E-state index in [4.69, 9.17) is 4.74 Å². The van der Waals surface area contributed by atoms with Gasteiger partial charge in [-0.05, 0) is 97.7 Å². The summed E-state index contributed by atoms with van der Waals surface area (Å²) >= 11 is 0. The van der Waals surface area contributed by atoms with Crippen LogP contribution in [0.1, 0.15) is 106 Å². The molecule has 0 amide bonds. The summed E-state index contributed by atoms with van der Waals surface area (Å²) in [5.74, 6) is 0.341. The highest BCUT2D eigenvalue weighted by Gasteiger charge is 2.74. The van der Waals surface area contributed by atoms with Gasteiger partial charge in [-0.2, -0.15) is 0 Å². The summed E-state index contributed by atoms with van der Waals surface area (Å²) in [6.45, 7) is 15.2. The van der Waals surface area contributed by atoms with E-state index in [2.05, 4.69) is 41.5 Å². The molecule has 0 aromatic heterocycles. The number of fused-ring (bicyclic) bond motifs is 7. The predicted molar refractivity (Wildman–Crippen MR) is 144 cm³/mol. The Kier molecular flexibility index (Phi) is 6.50. The highest BCUT2D eigenvalue weighted by Crippen LogP contribution is 2.77. The van der Waals surface area contributed by atoms with Crippen molar-refractivity contribution < 1.29 is 29.3 Å². The molecule has 6 nitrogen and oxygen atoms in total. The van der Waals surface area contributed by atoms with Gasteiger partial charge in [-0.25, -0.2) is 0 Å². The SMILES string of the molecule is CC(=O)OC[C@H](C)[C@@H]1CC[C@]2(C(=O)O)CC[C@]3(C)[C@H](CC[C@@H]4[C@@]5(C)CCC(=O)C(C)(C)[C@@H]5C[C@H](O)[C@]43C)[C@@H]12. The van der Waals surface area contributed by atoms with Gasteiger partial charge in [-0.3, -0.25) is 14.4 Å². The van der Waals surface area contributed by atoms with Gasteiger partial charge in [0.15, 0.2) is 0 Å². The third-order valence-electron chi connectivity index (χ3n) is 14.0. The average molecular weight is 531 g/mol. The minimum absolute atomic E-state index is 0.0155. The van der Waals surface area contributed by atoms with Crippen LogP contribution in [0.25, 0.3) is 0 Å². The maximum atomic E-state index is 13.0. The van der Waals surface area contributed by atoms with Crippen molar-refractivity contribution in [3.8, 4) is 0 Å². The van der Waals surface area contributed by atoms with Crippen molar-refractivity contribution in [2.75, 3.05) is 6.61 Å². The fraction of sp³-hybridized carbons (Fsp3) is 0.906. The first-order valence-electron chi connectivity index (χ1n) is 15.2. The number of carboxylic acid groups (broad SMARTS) is 1. The van der Waals surface area contributed by atoms with Crippen LogP contribution in [0.5, 0.6) is 0 Å². The van der Waals surface area contributed by atoms with E-state index in [1.165, 1.54) is 6.92 Å². The number of rotatable bonds is 4. The Morgan fingerprint density at radius 1 is 1.00 bits per heavy atom. The fourth-order valence-corrected chi connectivity index (χ4v) is 11.8. The molecule has 0 spiro atoms. The predicted octanol–water partition coefficient (Wildman–Crippen LogP) is 5.89. The second-order valence-corrected chi connectivity index (χ2v) is 15.4. The zero-order valence-electron chi connectivity index (χ0n) is 24.6. The van der Waals surface area contributed by atoms with Crippen LogP contribution in [0.15, 0.2) is 0 Å². The highest BCUT2D eigenvalue weighted by atomic mass is 16.5. The van der Waals surface area contributed by atoms with Gasteiger partial charge < -0.3 is 14.9 Å². The summed E-state index contributed by atoms with van der Waals surface area (Å²) in [6.07, 6.45) is 6.58. The first-order chi connectivity index (χ1) is 17.6. The van der Waals surface area contributed by atoms with Crippen LogP contribution in [0, 0.1) is 62.6 Å². The molecule has 0 aromatic carbocycles. The average Bonchev–Trinajstić information content (AvgIpc) is 3.24. The van der Waals surface area contributed by atoms with Crippen molar-refractivity contribution in [2.24, 2.45) is 62.6 Å². The van der Waals surface area contributed by atoms with Gasteiger partial charge in [0.25, 0.3) is 0 Å². The maximum Gasteiger partial charge on any atom is 0.309 e. The minimum Gasteiger partial charge on any atom is -0.481 e. The van der Waals surface area contributed by atoms with Crippen LogP contribution in [-0.4, -0.2) is 40.6 Å². The highest BCUT2D eigenvalue weighted by molar-refractivity contribution is 5.85. The zero-order valence-corrected chi connectivity index (χ0v) is 24.6. The van der Waals surface area contributed by atoms with Gasteiger partial charge in [0.05, 0.1) is 18.1 Å². The molecular weight excluding hydrogens is 480 g/mol. The summed E-state index contributed by atoms with van der Waals surface area (Å²) < 4.78 is 5.42. The maximum absolute atomic E-state index is 13.0. The lowest BCUT2D eigenvalue weighted by molar-refractivity contribution is -0.273. The van der Waals surface area contributed by atoms with Crippen molar-refractivity contribution in [3.63, 3.8) is 0 Å². The Labute approximate surface area is 228 Å². The third-order valence-corrected chi connectivity index (χ3v) is 14.0. The van der Waals surface area contributed by atoms with E-state index < -0.39 is 22.9 Å². The van der Waals surface area contributed by atoms with E-state index in [1.807, 2.05) is 0 Å². The van der Waals surface area contributed by atoms with Crippen LogP contribution < -0.4 is 0 Å². The van der Waals surface area contributed by atoms with E-state index in [9.17, 15) is 24.6 Å². The summed E-state index contributed by atoms with van der Waals surface area (Å²) in [4.78, 5) is 37.6. The first-order valence-corrected chi connectivity index (χ1v) is 15.2. The molecule has 5 aliphatic rings. The second kappa shape index (κ2) is 8.78. The van der Waals surface area contributed by atoms with Crippen LogP contribution in [0.2, 0.25) is 0 Å². The molecule has 0 bridgehead atoms. The molecule has 5 saturated carbocycles. The number of hydrogen-bond donors (Lipinski definition) is 2. The molecule has 0 radical (unpaired) electrons. The molecule has 6 heteroatoms. The standard InChI is InChI=1S/C32H50O6/c1-18(17-38-19(2)33)20-10-13-32(27(36)37)15-14-30(6)21(26(20)32)8-9-22-29(5)12-11-24(34)28(3,4)23(29)16-25(35)31(22,30)7/h18,20-23,25-26,35H,8-17H2,1-7H3,(H,36,37)/t18-,20-,21+,22+,23-,25-,26+,29+,30+,31-,32-/m0/s1. The van der Waals surface area contributed by atoms with E-state index in [-0.39, 0.29) is 51.8 Å². The first kappa shape index (κ1) is 28.1. The number of ketones is 1. The van der Waals surface area contributed by atoms with Gasteiger partial charge in [-0.15, -0.1) is 0 Å². The minimum atomic E-state index is -0.728. The Bertz CT molecular complexity index is 1020. The van der Waals surface area contributed by atoms with Gasteiger partial charge in [0.1, 0.15) is 5.78 Å². The number of ether oxygens (including phenoxy) is 1.